The second-order valence-electron chi connectivity index (χ2n) is 6.03. The topological polar surface area (TPSA) is 76.0 Å². The number of amides is 1. The Morgan fingerprint density at radius 3 is 2.84 bits per heavy atom. The van der Waals surface area contributed by atoms with Gasteiger partial charge in [-0.05, 0) is 24.3 Å². The Hall–Kier alpha value is -2.93. The number of rotatable bonds is 4. The third-order valence-electron chi connectivity index (χ3n) is 4.56. The number of methoxy groups -OCH3 is 1. The van der Waals surface area contributed by atoms with Crippen LogP contribution in [0.15, 0.2) is 55.2 Å². The summed E-state index contributed by atoms with van der Waals surface area (Å²) in [4.78, 5) is 26.6. The maximum absolute atomic E-state index is 13.1. The van der Waals surface area contributed by atoms with Crippen molar-refractivity contribution in [1.82, 2.24) is 24.4 Å². The van der Waals surface area contributed by atoms with Crippen molar-refractivity contribution in [2.45, 2.75) is 18.6 Å². The van der Waals surface area contributed by atoms with Gasteiger partial charge in [0.25, 0.3) is 5.91 Å². The smallest absolute Gasteiger partial charge is 0.273 e. The summed E-state index contributed by atoms with van der Waals surface area (Å²) >= 11 is 0. The first-order chi connectivity index (χ1) is 12.3. The molecule has 1 aliphatic heterocycles. The Labute approximate surface area is 145 Å². The zero-order chi connectivity index (χ0) is 17.2. The van der Waals surface area contributed by atoms with E-state index in [1.807, 2.05) is 41.2 Å². The van der Waals surface area contributed by atoms with Crippen LogP contribution in [0.1, 0.15) is 28.8 Å². The van der Waals surface area contributed by atoms with E-state index in [-0.39, 0.29) is 18.1 Å². The standard InChI is InChI=1S/C18H19N5O2/c1-25-14-11-16(17-20-6-7-21-17)23(12-14)18(24)15-10-13(4-5-19-15)22-8-2-3-9-22/h2-10,14,16H,11-12H2,1H3,(H,20,21)/t14-,16?/m1/s1. The number of carbonyl (C=O) groups excluding carboxylic acids is 1. The molecule has 3 aromatic rings. The minimum Gasteiger partial charge on any atom is -0.380 e. The van der Waals surface area contributed by atoms with E-state index in [0.717, 1.165) is 11.5 Å². The molecule has 4 heterocycles. The fraction of sp³-hybridized carbons (Fsp3) is 0.278. The minimum atomic E-state index is -0.135. The Morgan fingerprint density at radius 2 is 2.12 bits per heavy atom. The van der Waals surface area contributed by atoms with E-state index in [2.05, 4.69) is 15.0 Å². The van der Waals surface area contributed by atoms with E-state index in [4.69, 9.17) is 4.74 Å². The second-order valence-corrected chi connectivity index (χ2v) is 6.03. The van der Waals surface area contributed by atoms with E-state index in [0.29, 0.717) is 18.7 Å². The largest absolute Gasteiger partial charge is 0.380 e. The highest BCUT2D eigenvalue weighted by molar-refractivity contribution is 5.93. The monoisotopic (exact) mass is 337 g/mol. The summed E-state index contributed by atoms with van der Waals surface area (Å²) < 4.78 is 7.43. The van der Waals surface area contributed by atoms with Gasteiger partial charge in [0.05, 0.1) is 12.1 Å². The molecule has 0 spiro atoms. The first kappa shape index (κ1) is 15.6. The summed E-state index contributed by atoms with van der Waals surface area (Å²) in [5.74, 6) is 0.657. The second kappa shape index (κ2) is 6.52. The summed E-state index contributed by atoms with van der Waals surface area (Å²) in [7, 11) is 1.67. The Balaban J connectivity index is 1.64. The molecule has 2 atom stereocenters. The lowest BCUT2D eigenvalue weighted by Gasteiger charge is -2.22. The normalized spacial score (nSPS) is 20.1. The van der Waals surface area contributed by atoms with Crippen molar-refractivity contribution < 1.29 is 9.53 Å². The van der Waals surface area contributed by atoms with E-state index in [1.54, 1.807) is 30.6 Å². The van der Waals surface area contributed by atoms with Crippen molar-refractivity contribution >= 4 is 5.91 Å². The van der Waals surface area contributed by atoms with Crippen LogP contribution >= 0.6 is 0 Å². The molecule has 1 amide bonds. The molecule has 0 aromatic carbocycles. The highest BCUT2D eigenvalue weighted by Crippen LogP contribution is 2.32. The fourth-order valence-corrected chi connectivity index (χ4v) is 3.26. The predicted molar refractivity (Wildman–Crippen MR) is 91.3 cm³/mol. The van der Waals surface area contributed by atoms with Gasteiger partial charge in [-0.25, -0.2) is 4.98 Å². The number of likely N-dealkylation sites (tertiary alicyclic amines) is 1. The van der Waals surface area contributed by atoms with E-state index in [1.165, 1.54) is 0 Å². The van der Waals surface area contributed by atoms with Crippen LogP contribution in [0.25, 0.3) is 5.69 Å². The lowest BCUT2D eigenvalue weighted by Crippen LogP contribution is -2.33. The molecule has 1 saturated heterocycles. The summed E-state index contributed by atoms with van der Waals surface area (Å²) in [5, 5.41) is 0. The van der Waals surface area contributed by atoms with Crippen molar-refractivity contribution in [3.05, 3.63) is 66.8 Å². The number of ether oxygens (including phenoxy) is 1. The summed E-state index contributed by atoms with van der Waals surface area (Å²) in [6, 6.07) is 7.44. The first-order valence-corrected chi connectivity index (χ1v) is 8.18. The van der Waals surface area contributed by atoms with E-state index < -0.39 is 0 Å². The van der Waals surface area contributed by atoms with E-state index >= 15 is 0 Å². The number of imidazole rings is 1. The highest BCUT2D eigenvalue weighted by atomic mass is 16.5. The first-order valence-electron chi connectivity index (χ1n) is 8.18. The molecule has 0 aliphatic carbocycles. The molecule has 0 radical (unpaired) electrons. The highest BCUT2D eigenvalue weighted by Gasteiger charge is 2.38. The number of nitrogens with one attached hydrogen (secondary N) is 1. The van der Waals surface area contributed by atoms with Gasteiger partial charge in [-0.2, -0.15) is 0 Å². The maximum Gasteiger partial charge on any atom is 0.273 e. The van der Waals surface area contributed by atoms with Gasteiger partial charge in [-0.3, -0.25) is 9.78 Å². The van der Waals surface area contributed by atoms with Crippen LogP contribution in [0.4, 0.5) is 0 Å². The van der Waals surface area contributed by atoms with Crippen molar-refractivity contribution in [1.29, 1.82) is 0 Å². The lowest BCUT2D eigenvalue weighted by molar-refractivity contribution is 0.0679. The minimum absolute atomic E-state index is 0.00770. The lowest BCUT2D eigenvalue weighted by atomic mass is 10.2. The fourth-order valence-electron chi connectivity index (χ4n) is 3.26. The molecular formula is C18H19N5O2. The number of pyridine rings is 1. The molecule has 25 heavy (non-hydrogen) atoms. The number of nitrogens with zero attached hydrogens (tertiary/aromatic N) is 4. The van der Waals surface area contributed by atoms with Crippen LogP contribution in [0, 0.1) is 0 Å². The maximum atomic E-state index is 13.1. The van der Waals surface area contributed by atoms with Gasteiger partial charge >= 0.3 is 0 Å². The van der Waals surface area contributed by atoms with Crippen molar-refractivity contribution in [3.63, 3.8) is 0 Å². The van der Waals surface area contributed by atoms with Gasteiger partial charge in [0.15, 0.2) is 0 Å². The molecule has 0 bridgehead atoms. The number of hydrogen-bond donors (Lipinski definition) is 1. The van der Waals surface area contributed by atoms with Gasteiger partial charge < -0.3 is 19.2 Å². The van der Waals surface area contributed by atoms with Crippen LogP contribution in [-0.4, -0.2) is 50.1 Å². The predicted octanol–water partition coefficient (Wildman–Crippen LogP) is 2.20. The average Bonchev–Trinajstić information content (AvgIpc) is 3.42. The van der Waals surface area contributed by atoms with Crippen LogP contribution in [0.3, 0.4) is 0 Å². The molecule has 1 aliphatic rings. The molecule has 7 nitrogen and oxygen atoms in total. The Morgan fingerprint density at radius 1 is 1.28 bits per heavy atom. The van der Waals surface area contributed by atoms with E-state index in [9.17, 15) is 4.79 Å². The Kier molecular flexibility index (Phi) is 4.07. The third-order valence-corrected chi connectivity index (χ3v) is 4.56. The average molecular weight is 337 g/mol. The molecule has 4 rings (SSSR count). The zero-order valence-corrected chi connectivity index (χ0v) is 13.9. The van der Waals surface area contributed by atoms with Crippen LogP contribution < -0.4 is 0 Å². The third kappa shape index (κ3) is 2.94. The molecule has 3 aromatic heterocycles. The van der Waals surface area contributed by atoms with Crippen molar-refractivity contribution in [2.24, 2.45) is 0 Å². The van der Waals surface area contributed by atoms with Gasteiger partial charge in [-0.1, -0.05) is 0 Å². The van der Waals surface area contributed by atoms with Gasteiger partial charge in [0, 0.05) is 56.7 Å². The molecule has 1 N–H and O–H groups in total. The van der Waals surface area contributed by atoms with Crippen LogP contribution in [0.5, 0.6) is 0 Å². The van der Waals surface area contributed by atoms with Crippen molar-refractivity contribution in [3.8, 4) is 5.69 Å². The Bertz CT molecular complexity index is 844. The molecule has 128 valence electrons. The quantitative estimate of drug-likeness (QED) is 0.792. The molecule has 7 heteroatoms. The summed E-state index contributed by atoms with van der Waals surface area (Å²) in [5.41, 5.74) is 1.32. The number of hydrogen-bond acceptors (Lipinski definition) is 4. The number of H-pyrrole nitrogens is 1. The van der Waals surface area contributed by atoms with Crippen LogP contribution in [-0.2, 0) is 4.74 Å². The molecular weight excluding hydrogens is 318 g/mol. The number of aromatic nitrogens is 4. The molecule has 0 saturated carbocycles. The van der Waals surface area contributed by atoms with Gasteiger partial charge in [0.1, 0.15) is 11.5 Å². The number of carbonyl (C=O) groups is 1. The van der Waals surface area contributed by atoms with Gasteiger partial charge in [0.2, 0.25) is 0 Å². The van der Waals surface area contributed by atoms with Crippen LogP contribution in [0.2, 0.25) is 0 Å². The SMILES string of the molecule is CO[C@@H]1CC(c2ncc[nH]2)N(C(=O)c2cc(-n3cccc3)ccn2)C1. The van der Waals surface area contributed by atoms with Crippen molar-refractivity contribution in [2.75, 3.05) is 13.7 Å². The summed E-state index contributed by atoms with van der Waals surface area (Å²) in [6.07, 6.45) is 9.71. The zero-order valence-electron chi connectivity index (χ0n) is 13.9. The molecule has 1 unspecified atom stereocenters. The van der Waals surface area contributed by atoms with Gasteiger partial charge in [-0.15, -0.1) is 0 Å². The number of aromatic amines is 1. The summed E-state index contributed by atoms with van der Waals surface area (Å²) in [6.45, 7) is 0.524. The molecule has 1 fully saturated rings.